The Labute approximate surface area is 161 Å². The van der Waals surface area contributed by atoms with Gasteiger partial charge >= 0.3 is 0 Å². The predicted molar refractivity (Wildman–Crippen MR) is 107 cm³/mol. The lowest BCUT2D eigenvalue weighted by Gasteiger charge is -2.33. The average Bonchev–Trinajstić information content (AvgIpc) is 2.74. The van der Waals surface area contributed by atoms with Gasteiger partial charge in [-0.3, -0.25) is 4.79 Å². The lowest BCUT2D eigenvalue weighted by atomic mass is 10.1. The van der Waals surface area contributed by atoms with Crippen LogP contribution in [0.5, 0.6) is 5.75 Å². The van der Waals surface area contributed by atoms with Crippen molar-refractivity contribution in [2.24, 2.45) is 0 Å². The van der Waals surface area contributed by atoms with Crippen LogP contribution in [-0.4, -0.2) is 67.1 Å². The SMILES string of the molecule is CCN1CCN(C(=O)c2ccc(NCCc3cccc(OC)c3)cn2)CC1. The molecule has 0 bridgehead atoms. The lowest BCUT2D eigenvalue weighted by Crippen LogP contribution is -2.48. The molecule has 0 spiro atoms. The quantitative estimate of drug-likeness (QED) is 0.814. The van der Waals surface area contributed by atoms with E-state index in [1.54, 1.807) is 13.3 Å². The number of anilines is 1. The minimum Gasteiger partial charge on any atom is -0.497 e. The standard InChI is InChI=1S/C21H28N4O2/c1-3-24-11-13-25(14-12-24)21(26)20-8-7-18(16-23-20)22-10-9-17-5-4-6-19(15-17)27-2/h4-8,15-16,22H,3,9-14H2,1-2H3. The Morgan fingerprint density at radius 3 is 2.67 bits per heavy atom. The van der Waals surface area contributed by atoms with Gasteiger partial charge in [0.15, 0.2) is 0 Å². The third-order valence-electron chi connectivity index (χ3n) is 4.97. The molecule has 2 aromatic rings. The van der Waals surface area contributed by atoms with Gasteiger partial charge < -0.3 is 19.9 Å². The highest BCUT2D eigenvalue weighted by Gasteiger charge is 2.21. The maximum absolute atomic E-state index is 12.6. The van der Waals surface area contributed by atoms with Crippen LogP contribution < -0.4 is 10.1 Å². The summed E-state index contributed by atoms with van der Waals surface area (Å²) in [4.78, 5) is 21.2. The van der Waals surface area contributed by atoms with Crippen LogP contribution in [-0.2, 0) is 6.42 Å². The van der Waals surface area contributed by atoms with E-state index in [9.17, 15) is 4.79 Å². The molecule has 1 aromatic heterocycles. The number of hydrogen-bond donors (Lipinski definition) is 1. The Hall–Kier alpha value is -2.60. The molecular weight excluding hydrogens is 340 g/mol. The topological polar surface area (TPSA) is 57.7 Å². The molecule has 0 atom stereocenters. The maximum atomic E-state index is 12.6. The summed E-state index contributed by atoms with van der Waals surface area (Å²) in [6.45, 7) is 7.40. The normalized spacial score (nSPS) is 14.8. The molecule has 0 unspecified atom stereocenters. The number of amides is 1. The molecule has 6 heteroatoms. The number of aromatic nitrogens is 1. The smallest absolute Gasteiger partial charge is 0.272 e. The number of pyridine rings is 1. The molecule has 1 aliphatic heterocycles. The van der Waals surface area contributed by atoms with Crippen molar-refractivity contribution in [3.05, 3.63) is 53.9 Å². The summed E-state index contributed by atoms with van der Waals surface area (Å²) < 4.78 is 5.25. The molecule has 6 nitrogen and oxygen atoms in total. The number of benzene rings is 1. The first kappa shape index (κ1) is 19.2. The van der Waals surface area contributed by atoms with Crippen LogP contribution in [0.4, 0.5) is 5.69 Å². The van der Waals surface area contributed by atoms with Gasteiger partial charge in [0.05, 0.1) is 19.0 Å². The molecule has 3 rings (SSSR count). The molecule has 0 radical (unpaired) electrons. The first-order valence-corrected chi connectivity index (χ1v) is 9.54. The van der Waals surface area contributed by atoms with Crippen molar-refractivity contribution in [3.63, 3.8) is 0 Å². The number of ether oxygens (including phenoxy) is 1. The molecule has 1 N–H and O–H groups in total. The van der Waals surface area contributed by atoms with Gasteiger partial charge in [0, 0.05) is 32.7 Å². The van der Waals surface area contributed by atoms with Crippen molar-refractivity contribution in [2.75, 3.05) is 51.7 Å². The van der Waals surface area contributed by atoms with Crippen LogP contribution in [0.3, 0.4) is 0 Å². The first-order chi connectivity index (χ1) is 13.2. The number of carbonyl (C=O) groups is 1. The summed E-state index contributed by atoms with van der Waals surface area (Å²) in [5.41, 5.74) is 2.65. The number of nitrogens with one attached hydrogen (secondary N) is 1. The molecule has 1 saturated heterocycles. The third-order valence-corrected chi connectivity index (χ3v) is 4.97. The molecule has 27 heavy (non-hydrogen) atoms. The number of nitrogens with zero attached hydrogens (tertiary/aromatic N) is 3. The van der Waals surface area contributed by atoms with Crippen molar-refractivity contribution < 1.29 is 9.53 Å². The average molecular weight is 368 g/mol. The summed E-state index contributed by atoms with van der Waals surface area (Å²) in [6.07, 6.45) is 2.63. The number of hydrogen-bond acceptors (Lipinski definition) is 5. The molecule has 1 amide bonds. The van der Waals surface area contributed by atoms with E-state index in [0.717, 1.165) is 57.1 Å². The van der Waals surface area contributed by atoms with E-state index >= 15 is 0 Å². The molecule has 1 fully saturated rings. The van der Waals surface area contributed by atoms with Gasteiger partial charge in [0.25, 0.3) is 5.91 Å². The largest absolute Gasteiger partial charge is 0.497 e. The van der Waals surface area contributed by atoms with Crippen LogP contribution >= 0.6 is 0 Å². The van der Waals surface area contributed by atoms with E-state index in [1.165, 1.54) is 5.56 Å². The first-order valence-electron chi connectivity index (χ1n) is 9.54. The summed E-state index contributed by atoms with van der Waals surface area (Å²) >= 11 is 0. The van der Waals surface area contributed by atoms with Crippen molar-refractivity contribution in [2.45, 2.75) is 13.3 Å². The molecule has 1 aromatic carbocycles. The Kier molecular flexibility index (Phi) is 6.65. The summed E-state index contributed by atoms with van der Waals surface area (Å²) in [5, 5.41) is 3.35. The van der Waals surface area contributed by atoms with Crippen molar-refractivity contribution in [1.82, 2.24) is 14.8 Å². The molecule has 144 valence electrons. The van der Waals surface area contributed by atoms with Crippen molar-refractivity contribution >= 4 is 11.6 Å². The van der Waals surface area contributed by atoms with Gasteiger partial charge in [-0.2, -0.15) is 0 Å². The van der Waals surface area contributed by atoms with E-state index in [4.69, 9.17) is 4.74 Å². The highest BCUT2D eigenvalue weighted by atomic mass is 16.5. The van der Waals surface area contributed by atoms with Crippen LogP contribution in [0.15, 0.2) is 42.6 Å². The molecule has 0 aliphatic carbocycles. The molecule has 1 aliphatic rings. The Bertz CT molecular complexity index is 740. The van der Waals surface area contributed by atoms with Gasteiger partial charge in [0.1, 0.15) is 11.4 Å². The summed E-state index contributed by atoms with van der Waals surface area (Å²) in [6, 6.07) is 11.8. The number of piperazine rings is 1. The highest BCUT2D eigenvalue weighted by molar-refractivity contribution is 5.92. The zero-order chi connectivity index (χ0) is 19.1. The third kappa shape index (κ3) is 5.20. The fourth-order valence-corrected chi connectivity index (χ4v) is 3.23. The van der Waals surface area contributed by atoms with Crippen molar-refractivity contribution in [1.29, 1.82) is 0 Å². The number of likely N-dealkylation sites (N-methyl/N-ethyl adjacent to an activating group) is 1. The molecule has 0 saturated carbocycles. The Morgan fingerprint density at radius 1 is 1.19 bits per heavy atom. The highest BCUT2D eigenvalue weighted by Crippen LogP contribution is 2.14. The van der Waals surface area contributed by atoms with Gasteiger partial charge in [-0.1, -0.05) is 19.1 Å². The number of rotatable bonds is 7. The summed E-state index contributed by atoms with van der Waals surface area (Å²) in [5.74, 6) is 0.894. The minimum absolute atomic E-state index is 0.0219. The zero-order valence-electron chi connectivity index (χ0n) is 16.1. The van der Waals surface area contributed by atoms with E-state index in [-0.39, 0.29) is 5.91 Å². The number of carbonyl (C=O) groups excluding carboxylic acids is 1. The van der Waals surface area contributed by atoms with Crippen LogP contribution in [0.2, 0.25) is 0 Å². The van der Waals surface area contributed by atoms with Crippen LogP contribution in [0, 0.1) is 0 Å². The number of methoxy groups -OCH3 is 1. The lowest BCUT2D eigenvalue weighted by molar-refractivity contribution is 0.0637. The van der Waals surface area contributed by atoms with Crippen molar-refractivity contribution in [3.8, 4) is 5.75 Å². The van der Waals surface area contributed by atoms with Crippen LogP contribution in [0.1, 0.15) is 23.0 Å². The van der Waals surface area contributed by atoms with Gasteiger partial charge in [0.2, 0.25) is 0 Å². The predicted octanol–water partition coefficient (Wildman–Crippen LogP) is 2.52. The Balaban J connectivity index is 1.49. The monoisotopic (exact) mass is 368 g/mol. The second-order valence-electron chi connectivity index (χ2n) is 6.69. The van der Waals surface area contributed by atoms with E-state index in [0.29, 0.717) is 5.69 Å². The van der Waals surface area contributed by atoms with Gasteiger partial charge in [-0.15, -0.1) is 0 Å². The molecular formula is C21H28N4O2. The van der Waals surface area contributed by atoms with Crippen LogP contribution in [0.25, 0.3) is 0 Å². The minimum atomic E-state index is 0.0219. The van der Waals surface area contributed by atoms with Gasteiger partial charge in [-0.25, -0.2) is 4.98 Å². The zero-order valence-corrected chi connectivity index (χ0v) is 16.1. The second kappa shape index (κ2) is 9.37. The maximum Gasteiger partial charge on any atom is 0.272 e. The fraction of sp³-hybridized carbons (Fsp3) is 0.429. The summed E-state index contributed by atoms with van der Waals surface area (Å²) in [7, 11) is 1.68. The molecule has 2 heterocycles. The van der Waals surface area contributed by atoms with E-state index < -0.39 is 0 Å². The van der Waals surface area contributed by atoms with Gasteiger partial charge in [-0.05, 0) is 42.8 Å². The Morgan fingerprint density at radius 2 is 2.00 bits per heavy atom. The van der Waals surface area contributed by atoms with E-state index in [1.807, 2.05) is 35.2 Å². The van der Waals surface area contributed by atoms with E-state index in [2.05, 4.69) is 28.2 Å². The fourth-order valence-electron chi connectivity index (χ4n) is 3.23. The second-order valence-corrected chi connectivity index (χ2v) is 6.69.